The first-order chi connectivity index (χ1) is 8.36. The molecule has 0 amide bonds. The van der Waals surface area contributed by atoms with Crippen LogP contribution in [0.5, 0.6) is 0 Å². The highest BCUT2D eigenvalue weighted by Gasteiger charge is 2.26. The largest absolute Gasteiger partial charge is 0.315 e. The summed E-state index contributed by atoms with van der Waals surface area (Å²) >= 11 is 1.56. The molecule has 0 atom stereocenters. The number of anilines is 2. The Hall–Kier alpha value is -1.93. The third-order valence-corrected chi connectivity index (χ3v) is 3.45. The molecule has 2 aromatic heterocycles. The summed E-state index contributed by atoms with van der Waals surface area (Å²) < 4.78 is 0. The minimum absolute atomic E-state index is 0.538. The number of thiazole rings is 1. The van der Waals surface area contributed by atoms with Gasteiger partial charge < -0.3 is 5.32 Å². The first kappa shape index (κ1) is 10.2. The van der Waals surface area contributed by atoms with Gasteiger partial charge in [0, 0.05) is 17.5 Å². The number of aromatic nitrogens is 2. The maximum Gasteiger partial charge on any atom is 0.188 e. The van der Waals surface area contributed by atoms with Gasteiger partial charge in [-0.3, -0.25) is 0 Å². The summed E-state index contributed by atoms with van der Waals surface area (Å²) in [5.74, 6) is 1.23. The topological polar surface area (TPSA) is 61.6 Å². The van der Waals surface area contributed by atoms with E-state index in [4.69, 9.17) is 5.26 Å². The van der Waals surface area contributed by atoms with Crippen molar-refractivity contribution in [3.8, 4) is 6.07 Å². The Kier molecular flexibility index (Phi) is 2.50. The summed E-state index contributed by atoms with van der Waals surface area (Å²) in [7, 11) is 0. The van der Waals surface area contributed by atoms with E-state index in [0.29, 0.717) is 17.3 Å². The summed E-state index contributed by atoms with van der Waals surface area (Å²) in [6.45, 7) is 0. The summed E-state index contributed by atoms with van der Waals surface area (Å²) in [6, 6.07) is 5.60. The fourth-order valence-corrected chi connectivity index (χ4v) is 2.40. The molecular formula is C12H10N4S. The highest BCUT2D eigenvalue weighted by molar-refractivity contribution is 7.13. The third-order valence-electron chi connectivity index (χ3n) is 2.67. The number of pyridine rings is 1. The second-order valence-electron chi connectivity index (χ2n) is 3.99. The summed E-state index contributed by atoms with van der Waals surface area (Å²) in [6.07, 6.45) is 4.16. The first-order valence-electron chi connectivity index (χ1n) is 5.44. The number of nitrogens with one attached hydrogen (secondary N) is 1. The molecule has 0 spiro atoms. The lowest BCUT2D eigenvalue weighted by molar-refractivity contribution is 1.05. The normalized spacial score (nSPS) is 14.3. The number of nitriles is 1. The highest BCUT2D eigenvalue weighted by Crippen LogP contribution is 2.41. The second-order valence-corrected chi connectivity index (χ2v) is 4.85. The molecule has 84 valence electrons. The van der Waals surface area contributed by atoms with Gasteiger partial charge in [0.15, 0.2) is 5.13 Å². The van der Waals surface area contributed by atoms with Crippen molar-refractivity contribution in [2.75, 3.05) is 5.32 Å². The van der Waals surface area contributed by atoms with Crippen LogP contribution in [0.4, 0.5) is 10.9 Å². The molecule has 1 fully saturated rings. The van der Waals surface area contributed by atoms with E-state index in [1.54, 1.807) is 29.7 Å². The van der Waals surface area contributed by atoms with Gasteiger partial charge in [0.05, 0.1) is 11.3 Å². The van der Waals surface area contributed by atoms with Crippen molar-refractivity contribution in [2.45, 2.75) is 18.8 Å². The van der Waals surface area contributed by atoms with Crippen molar-refractivity contribution in [2.24, 2.45) is 0 Å². The Labute approximate surface area is 103 Å². The van der Waals surface area contributed by atoms with Crippen molar-refractivity contribution in [1.29, 1.82) is 5.26 Å². The van der Waals surface area contributed by atoms with Crippen LogP contribution in [0.15, 0.2) is 23.7 Å². The van der Waals surface area contributed by atoms with Crippen LogP contribution in [0.2, 0.25) is 0 Å². The van der Waals surface area contributed by atoms with Crippen molar-refractivity contribution >= 4 is 22.3 Å². The van der Waals surface area contributed by atoms with E-state index in [9.17, 15) is 0 Å². The van der Waals surface area contributed by atoms with Gasteiger partial charge in [-0.1, -0.05) is 0 Å². The van der Waals surface area contributed by atoms with Crippen molar-refractivity contribution in [1.82, 2.24) is 9.97 Å². The molecule has 0 radical (unpaired) electrons. The molecule has 0 aliphatic heterocycles. The van der Waals surface area contributed by atoms with E-state index >= 15 is 0 Å². The summed E-state index contributed by atoms with van der Waals surface area (Å²) in [4.78, 5) is 8.65. The van der Waals surface area contributed by atoms with Gasteiger partial charge in [-0.2, -0.15) is 5.26 Å². The van der Waals surface area contributed by atoms with Gasteiger partial charge in [-0.25, -0.2) is 9.97 Å². The lowest BCUT2D eigenvalue weighted by Crippen LogP contribution is -1.96. The predicted octanol–water partition coefficient (Wildman–Crippen LogP) is 3.03. The molecule has 1 aliphatic carbocycles. The van der Waals surface area contributed by atoms with E-state index in [1.807, 2.05) is 0 Å². The van der Waals surface area contributed by atoms with Crippen LogP contribution < -0.4 is 5.32 Å². The maximum absolute atomic E-state index is 8.95. The number of nitrogens with zero attached hydrogens (tertiary/aromatic N) is 3. The molecule has 0 saturated heterocycles. The molecular weight excluding hydrogens is 232 g/mol. The van der Waals surface area contributed by atoms with Gasteiger partial charge in [-0.15, -0.1) is 11.3 Å². The minimum atomic E-state index is 0.538. The van der Waals surface area contributed by atoms with Crippen LogP contribution >= 0.6 is 11.3 Å². The van der Waals surface area contributed by atoms with Crippen LogP contribution in [0, 0.1) is 11.3 Å². The average molecular weight is 242 g/mol. The molecule has 1 saturated carbocycles. The average Bonchev–Trinajstić information content (AvgIpc) is 3.11. The van der Waals surface area contributed by atoms with Crippen LogP contribution in [-0.2, 0) is 0 Å². The Bertz CT molecular complexity index is 580. The van der Waals surface area contributed by atoms with E-state index in [1.165, 1.54) is 12.8 Å². The number of hydrogen-bond donors (Lipinski definition) is 1. The van der Waals surface area contributed by atoms with E-state index in [-0.39, 0.29) is 0 Å². The molecule has 0 bridgehead atoms. The standard InChI is InChI=1S/C12H10N4S/c13-6-9-2-1-5-14-11(9)16-12-15-10(7-17-12)8-3-4-8/h1-2,5,7-8H,3-4H2,(H,14,15,16). The van der Waals surface area contributed by atoms with Crippen LogP contribution in [0.1, 0.15) is 30.0 Å². The Morgan fingerprint density at radius 3 is 3.12 bits per heavy atom. The molecule has 5 heteroatoms. The van der Waals surface area contributed by atoms with Crippen LogP contribution in [0.3, 0.4) is 0 Å². The molecule has 1 N–H and O–H groups in total. The quantitative estimate of drug-likeness (QED) is 0.898. The van der Waals surface area contributed by atoms with Crippen molar-refractivity contribution < 1.29 is 0 Å². The second kappa shape index (κ2) is 4.15. The molecule has 2 aromatic rings. The molecule has 3 rings (SSSR count). The van der Waals surface area contributed by atoms with Gasteiger partial charge in [0.2, 0.25) is 0 Å². The Morgan fingerprint density at radius 1 is 1.47 bits per heavy atom. The number of rotatable bonds is 3. The van der Waals surface area contributed by atoms with E-state index in [2.05, 4.69) is 26.7 Å². The van der Waals surface area contributed by atoms with Crippen molar-refractivity contribution in [3.05, 3.63) is 35.0 Å². The molecule has 2 heterocycles. The predicted molar refractivity (Wildman–Crippen MR) is 66.3 cm³/mol. The van der Waals surface area contributed by atoms with Crippen LogP contribution in [-0.4, -0.2) is 9.97 Å². The van der Waals surface area contributed by atoms with E-state index < -0.39 is 0 Å². The summed E-state index contributed by atoms with van der Waals surface area (Å²) in [5, 5.41) is 14.9. The lowest BCUT2D eigenvalue weighted by Gasteiger charge is -2.02. The van der Waals surface area contributed by atoms with Gasteiger partial charge >= 0.3 is 0 Å². The molecule has 0 aromatic carbocycles. The van der Waals surface area contributed by atoms with E-state index in [0.717, 1.165) is 10.8 Å². The zero-order valence-corrected chi connectivity index (χ0v) is 9.87. The van der Waals surface area contributed by atoms with Crippen molar-refractivity contribution in [3.63, 3.8) is 0 Å². The zero-order chi connectivity index (χ0) is 11.7. The molecule has 17 heavy (non-hydrogen) atoms. The molecule has 0 unspecified atom stereocenters. The van der Waals surface area contributed by atoms with Gasteiger partial charge in [0.25, 0.3) is 0 Å². The smallest absolute Gasteiger partial charge is 0.188 e. The third kappa shape index (κ3) is 2.12. The van der Waals surface area contributed by atoms with Gasteiger partial charge in [0.1, 0.15) is 11.9 Å². The first-order valence-corrected chi connectivity index (χ1v) is 6.32. The highest BCUT2D eigenvalue weighted by atomic mass is 32.1. The molecule has 4 nitrogen and oxygen atoms in total. The molecule has 1 aliphatic rings. The lowest BCUT2D eigenvalue weighted by atomic mass is 10.3. The van der Waals surface area contributed by atoms with Crippen LogP contribution in [0.25, 0.3) is 0 Å². The van der Waals surface area contributed by atoms with Gasteiger partial charge in [-0.05, 0) is 25.0 Å². The monoisotopic (exact) mass is 242 g/mol. The Morgan fingerprint density at radius 2 is 2.35 bits per heavy atom. The SMILES string of the molecule is N#Cc1cccnc1Nc1nc(C2CC2)cs1. The minimum Gasteiger partial charge on any atom is -0.315 e. The number of hydrogen-bond acceptors (Lipinski definition) is 5. The summed E-state index contributed by atoms with van der Waals surface area (Å²) in [5.41, 5.74) is 1.70. The fraction of sp³-hybridized carbons (Fsp3) is 0.250. The fourth-order valence-electron chi connectivity index (χ4n) is 1.61. The zero-order valence-electron chi connectivity index (χ0n) is 9.05. The maximum atomic E-state index is 8.95. The Balaban J connectivity index is 1.83.